The Bertz CT molecular complexity index is 978. The minimum absolute atomic E-state index is 0.176. The number of hydrogen-bond acceptors (Lipinski definition) is 4. The van der Waals surface area contributed by atoms with Gasteiger partial charge in [0.05, 0.1) is 5.56 Å². The number of pyridine rings is 1. The van der Waals surface area contributed by atoms with Gasteiger partial charge in [0.2, 0.25) is 0 Å². The number of benzene rings is 1. The first-order chi connectivity index (χ1) is 13.0. The van der Waals surface area contributed by atoms with E-state index < -0.39 is 0 Å². The molecule has 3 aromatic rings. The van der Waals surface area contributed by atoms with Crippen LogP contribution in [-0.2, 0) is 6.54 Å². The number of aryl methyl sites for hydroxylation is 2. The summed E-state index contributed by atoms with van der Waals surface area (Å²) >= 11 is 0. The van der Waals surface area contributed by atoms with Gasteiger partial charge in [-0.25, -0.2) is 0 Å². The maximum atomic E-state index is 12.5. The molecule has 27 heavy (non-hydrogen) atoms. The second-order valence-electron chi connectivity index (χ2n) is 6.27. The number of hydrogen-bond donors (Lipinski definition) is 2. The second kappa shape index (κ2) is 7.86. The van der Waals surface area contributed by atoms with E-state index in [2.05, 4.69) is 15.6 Å². The van der Waals surface area contributed by atoms with E-state index in [0.29, 0.717) is 29.2 Å². The average molecular weight is 363 g/mol. The molecule has 0 saturated carbocycles. The summed E-state index contributed by atoms with van der Waals surface area (Å²) < 4.78 is 5.51. The number of aromatic nitrogens is 1. The van der Waals surface area contributed by atoms with E-state index in [0.717, 1.165) is 16.9 Å². The highest BCUT2D eigenvalue weighted by Gasteiger charge is 2.18. The Labute approximate surface area is 157 Å². The highest BCUT2D eigenvalue weighted by atomic mass is 16.3. The molecule has 6 heteroatoms. The number of carbonyl (C=O) groups excluding carboxylic acids is 2. The standard InChI is InChI=1S/C21H21N3O3/c1-13-14(2)27-15(3)19(13)21(26)23-12-16-7-6-8-17(11-16)24-20(25)18-9-4-5-10-22-18/h4-11H,12H2,1-3H3,(H,23,26)(H,24,25). The first-order valence-corrected chi connectivity index (χ1v) is 8.62. The molecule has 0 atom stereocenters. The summed E-state index contributed by atoms with van der Waals surface area (Å²) in [5.41, 5.74) is 3.28. The number of nitrogens with one attached hydrogen (secondary N) is 2. The SMILES string of the molecule is Cc1oc(C)c(C(=O)NCc2cccc(NC(=O)c3ccccn3)c2)c1C. The number of amides is 2. The van der Waals surface area contributed by atoms with E-state index in [4.69, 9.17) is 4.42 Å². The molecule has 0 aliphatic rings. The topological polar surface area (TPSA) is 84.2 Å². The Balaban J connectivity index is 1.66. The maximum absolute atomic E-state index is 12.5. The summed E-state index contributed by atoms with van der Waals surface area (Å²) in [5, 5.41) is 5.71. The van der Waals surface area contributed by atoms with Crippen molar-refractivity contribution in [3.8, 4) is 0 Å². The Morgan fingerprint density at radius 1 is 1.00 bits per heavy atom. The largest absolute Gasteiger partial charge is 0.466 e. The predicted octanol–water partition coefficient (Wildman–Crippen LogP) is 3.78. The molecule has 6 nitrogen and oxygen atoms in total. The lowest BCUT2D eigenvalue weighted by atomic mass is 10.1. The van der Waals surface area contributed by atoms with Gasteiger partial charge in [0.25, 0.3) is 11.8 Å². The highest BCUT2D eigenvalue weighted by molar-refractivity contribution is 6.02. The van der Waals surface area contributed by atoms with Gasteiger partial charge in [-0.05, 0) is 50.6 Å². The van der Waals surface area contributed by atoms with Crippen LogP contribution in [0, 0.1) is 20.8 Å². The number of rotatable bonds is 5. The molecule has 2 amide bonds. The predicted molar refractivity (Wildman–Crippen MR) is 103 cm³/mol. The Morgan fingerprint density at radius 2 is 1.81 bits per heavy atom. The average Bonchev–Trinajstić information content (AvgIpc) is 2.92. The van der Waals surface area contributed by atoms with E-state index in [1.165, 1.54) is 0 Å². The van der Waals surface area contributed by atoms with E-state index in [1.807, 2.05) is 32.0 Å². The van der Waals surface area contributed by atoms with Crippen LogP contribution in [0.15, 0.2) is 53.1 Å². The van der Waals surface area contributed by atoms with Crippen molar-refractivity contribution >= 4 is 17.5 Å². The molecular weight excluding hydrogens is 342 g/mol. The van der Waals surface area contributed by atoms with Crippen molar-refractivity contribution in [3.63, 3.8) is 0 Å². The lowest BCUT2D eigenvalue weighted by molar-refractivity contribution is 0.0947. The molecule has 3 rings (SSSR count). The van der Waals surface area contributed by atoms with Crippen LogP contribution in [0.3, 0.4) is 0 Å². The molecule has 2 heterocycles. The quantitative estimate of drug-likeness (QED) is 0.722. The third-order valence-electron chi connectivity index (χ3n) is 4.32. The van der Waals surface area contributed by atoms with Crippen molar-refractivity contribution in [1.82, 2.24) is 10.3 Å². The van der Waals surface area contributed by atoms with E-state index >= 15 is 0 Å². The lowest BCUT2D eigenvalue weighted by Crippen LogP contribution is -2.24. The fraction of sp³-hybridized carbons (Fsp3) is 0.190. The zero-order valence-corrected chi connectivity index (χ0v) is 15.5. The third kappa shape index (κ3) is 4.23. The van der Waals surface area contributed by atoms with Gasteiger partial charge in [0, 0.05) is 24.0 Å². The van der Waals surface area contributed by atoms with Crippen LogP contribution >= 0.6 is 0 Å². The van der Waals surface area contributed by atoms with Crippen molar-refractivity contribution < 1.29 is 14.0 Å². The van der Waals surface area contributed by atoms with Crippen LogP contribution in [0.5, 0.6) is 0 Å². The number of nitrogens with zero attached hydrogens (tertiary/aromatic N) is 1. The maximum Gasteiger partial charge on any atom is 0.274 e. The monoisotopic (exact) mass is 363 g/mol. The van der Waals surface area contributed by atoms with Gasteiger partial charge in [-0.15, -0.1) is 0 Å². The van der Waals surface area contributed by atoms with Crippen molar-refractivity contribution in [2.24, 2.45) is 0 Å². The van der Waals surface area contributed by atoms with Crippen LogP contribution in [0.4, 0.5) is 5.69 Å². The van der Waals surface area contributed by atoms with Gasteiger partial charge in [-0.2, -0.15) is 0 Å². The van der Waals surface area contributed by atoms with Gasteiger partial charge < -0.3 is 15.1 Å². The zero-order chi connectivity index (χ0) is 19.4. The van der Waals surface area contributed by atoms with Gasteiger partial charge in [-0.3, -0.25) is 14.6 Å². The molecule has 0 spiro atoms. The molecule has 0 aliphatic heterocycles. The van der Waals surface area contributed by atoms with E-state index in [-0.39, 0.29) is 11.8 Å². The molecule has 0 saturated heterocycles. The minimum Gasteiger partial charge on any atom is -0.466 e. The van der Waals surface area contributed by atoms with Crippen molar-refractivity contribution in [2.45, 2.75) is 27.3 Å². The summed E-state index contributed by atoms with van der Waals surface area (Å²) in [6, 6.07) is 12.5. The first kappa shape index (κ1) is 18.4. The van der Waals surface area contributed by atoms with E-state index in [1.54, 1.807) is 37.4 Å². The minimum atomic E-state index is -0.281. The van der Waals surface area contributed by atoms with Crippen molar-refractivity contribution in [1.29, 1.82) is 0 Å². The highest BCUT2D eigenvalue weighted by Crippen LogP contribution is 2.20. The molecule has 138 valence electrons. The van der Waals surface area contributed by atoms with Crippen LogP contribution in [0.1, 0.15) is 43.5 Å². The third-order valence-corrected chi connectivity index (χ3v) is 4.32. The summed E-state index contributed by atoms with van der Waals surface area (Å²) in [7, 11) is 0. The molecule has 0 unspecified atom stereocenters. The van der Waals surface area contributed by atoms with Crippen LogP contribution < -0.4 is 10.6 Å². The fourth-order valence-electron chi connectivity index (χ4n) is 2.85. The molecule has 1 aromatic carbocycles. The fourth-order valence-corrected chi connectivity index (χ4v) is 2.85. The Hall–Kier alpha value is -3.41. The molecule has 0 fully saturated rings. The first-order valence-electron chi connectivity index (χ1n) is 8.62. The molecule has 0 bridgehead atoms. The summed E-state index contributed by atoms with van der Waals surface area (Å²) in [4.78, 5) is 28.7. The van der Waals surface area contributed by atoms with Gasteiger partial charge in [0.15, 0.2) is 0 Å². The molecule has 0 radical (unpaired) electrons. The Kier molecular flexibility index (Phi) is 5.35. The summed E-state index contributed by atoms with van der Waals surface area (Å²) in [6.45, 7) is 5.83. The van der Waals surface area contributed by atoms with Crippen LogP contribution in [0.25, 0.3) is 0 Å². The molecule has 2 aromatic heterocycles. The van der Waals surface area contributed by atoms with Crippen molar-refractivity contribution in [3.05, 3.63) is 82.6 Å². The second-order valence-corrected chi connectivity index (χ2v) is 6.27. The number of furan rings is 1. The Morgan fingerprint density at radius 3 is 2.48 bits per heavy atom. The number of anilines is 1. The van der Waals surface area contributed by atoms with E-state index in [9.17, 15) is 9.59 Å². The van der Waals surface area contributed by atoms with Gasteiger partial charge >= 0.3 is 0 Å². The summed E-state index contributed by atoms with van der Waals surface area (Å²) in [5.74, 6) is 0.900. The molecule has 2 N–H and O–H groups in total. The van der Waals surface area contributed by atoms with Gasteiger partial charge in [0.1, 0.15) is 17.2 Å². The molecule has 0 aliphatic carbocycles. The van der Waals surface area contributed by atoms with Crippen molar-refractivity contribution in [2.75, 3.05) is 5.32 Å². The summed E-state index contributed by atoms with van der Waals surface area (Å²) in [6.07, 6.45) is 1.57. The zero-order valence-electron chi connectivity index (χ0n) is 15.5. The van der Waals surface area contributed by atoms with Gasteiger partial charge in [-0.1, -0.05) is 18.2 Å². The lowest BCUT2D eigenvalue weighted by Gasteiger charge is -2.09. The normalized spacial score (nSPS) is 10.5. The number of carbonyl (C=O) groups is 2. The smallest absolute Gasteiger partial charge is 0.274 e. The van der Waals surface area contributed by atoms with Crippen LogP contribution in [0.2, 0.25) is 0 Å². The van der Waals surface area contributed by atoms with Crippen LogP contribution in [-0.4, -0.2) is 16.8 Å². The molecular formula is C21H21N3O3.